The van der Waals surface area contributed by atoms with Gasteiger partial charge in [-0.25, -0.2) is 0 Å². The first kappa shape index (κ1) is 13.8. The fourth-order valence-electron chi connectivity index (χ4n) is 3.55. The molecule has 1 unspecified atom stereocenters. The molecular weight excluding hydrogens is 228 g/mol. The number of amides is 1. The molecule has 2 rings (SSSR count). The first-order chi connectivity index (χ1) is 8.73. The molecule has 18 heavy (non-hydrogen) atoms. The molecule has 2 heterocycles. The normalized spacial score (nSPS) is 32.8. The van der Waals surface area contributed by atoms with E-state index in [1.165, 1.54) is 0 Å². The van der Waals surface area contributed by atoms with E-state index in [1.807, 2.05) is 4.90 Å². The minimum Gasteiger partial charge on any atom is -0.394 e. The second-order valence-electron chi connectivity index (χ2n) is 5.79. The van der Waals surface area contributed by atoms with Gasteiger partial charge in [0, 0.05) is 13.1 Å². The number of rotatable bonds is 4. The van der Waals surface area contributed by atoms with Crippen molar-refractivity contribution in [3.63, 3.8) is 0 Å². The zero-order valence-electron chi connectivity index (χ0n) is 11.5. The molecule has 2 aliphatic heterocycles. The predicted octanol–water partition coefficient (Wildman–Crippen LogP) is 1.14. The molecule has 2 atom stereocenters. The van der Waals surface area contributed by atoms with E-state index in [9.17, 15) is 9.90 Å². The molecule has 1 amide bonds. The van der Waals surface area contributed by atoms with Crippen LogP contribution in [0.2, 0.25) is 0 Å². The highest BCUT2D eigenvalue weighted by Gasteiger charge is 2.43. The van der Waals surface area contributed by atoms with Crippen LogP contribution in [-0.4, -0.2) is 48.2 Å². The Kier molecular flexibility index (Phi) is 4.62. The average molecular weight is 254 g/mol. The Balaban J connectivity index is 2.12. The van der Waals surface area contributed by atoms with E-state index in [0.717, 1.165) is 58.2 Å². The number of carbonyl (C=O) groups is 1. The van der Waals surface area contributed by atoms with Gasteiger partial charge in [-0.2, -0.15) is 0 Å². The molecule has 104 valence electrons. The number of aliphatic hydroxyl groups is 1. The molecule has 0 aromatic heterocycles. The molecule has 2 N–H and O–H groups in total. The number of aliphatic hydroxyl groups excluding tert-OH is 1. The third kappa shape index (κ3) is 2.54. The average Bonchev–Trinajstić information content (AvgIpc) is 2.87. The number of piperidine rings is 1. The Bertz CT molecular complexity index is 282. The highest BCUT2D eigenvalue weighted by molar-refractivity contribution is 5.83. The lowest BCUT2D eigenvalue weighted by molar-refractivity contribution is -0.145. The smallest absolute Gasteiger partial charge is 0.230 e. The van der Waals surface area contributed by atoms with Gasteiger partial charge in [-0.15, -0.1) is 0 Å². The Hall–Kier alpha value is -0.610. The Morgan fingerprint density at radius 3 is 2.94 bits per heavy atom. The SMILES string of the molecule is CCCC1(C(=O)N2CCC[C@@H]2CO)CCCNC1. The van der Waals surface area contributed by atoms with Gasteiger partial charge in [-0.1, -0.05) is 13.3 Å². The van der Waals surface area contributed by atoms with Crippen LogP contribution in [0.15, 0.2) is 0 Å². The molecule has 0 bridgehead atoms. The summed E-state index contributed by atoms with van der Waals surface area (Å²) < 4.78 is 0. The molecule has 0 saturated carbocycles. The van der Waals surface area contributed by atoms with Gasteiger partial charge in [0.15, 0.2) is 0 Å². The van der Waals surface area contributed by atoms with Crippen LogP contribution in [0.4, 0.5) is 0 Å². The molecule has 4 heteroatoms. The van der Waals surface area contributed by atoms with Crippen LogP contribution in [-0.2, 0) is 4.79 Å². The van der Waals surface area contributed by atoms with E-state index in [-0.39, 0.29) is 24.0 Å². The van der Waals surface area contributed by atoms with E-state index < -0.39 is 0 Å². The van der Waals surface area contributed by atoms with E-state index in [0.29, 0.717) is 0 Å². The van der Waals surface area contributed by atoms with Gasteiger partial charge >= 0.3 is 0 Å². The lowest BCUT2D eigenvalue weighted by Gasteiger charge is -2.40. The summed E-state index contributed by atoms with van der Waals surface area (Å²) in [5.41, 5.74) is -0.204. The first-order valence-corrected chi connectivity index (χ1v) is 7.36. The molecule has 2 fully saturated rings. The van der Waals surface area contributed by atoms with Gasteiger partial charge in [0.25, 0.3) is 0 Å². The highest BCUT2D eigenvalue weighted by atomic mass is 16.3. The minimum absolute atomic E-state index is 0.0631. The van der Waals surface area contributed by atoms with Crippen LogP contribution >= 0.6 is 0 Å². The summed E-state index contributed by atoms with van der Waals surface area (Å²) in [5, 5.41) is 12.8. The lowest BCUT2D eigenvalue weighted by Crippen LogP contribution is -2.53. The van der Waals surface area contributed by atoms with Crippen LogP contribution in [0.25, 0.3) is 0 Å². The molecule has 4 nitrogen and oxygen atoms in total. The summed E-state index contributed by atoms with van der Waals surface area (Å²) in [6.45, 7) is 4.94. The summed E-state index contributed by atoms with van der Waals surface area (Å²) in [7, 11) is 0. The number of nitrogens with one attached hydrogen (secondary N) is 1. The van der Waals surface area contributed by atoms with Crippen molar-refractivity contribution < 1.29 is 9.90 Å². The summed E-state index contributed by atoms with van der Waals surface area (Å²) >= 11 is 0. The summed E-state index contributed by atoms with van der Waals surface area (Å²) in [6, 6.07) is 0.0631. The van der Waals surface area contributed by atoms with Crippen LogP contribution in [0.5, 0.6) is 0 Å². The van der Waals surface area contributed by atoms with Crippen LogP contribution in [0, 0.1) is 5.41 Å². The molecule has 0 radical (unpaired) electrons. The maximum Gasteiger partial charge on any atom is 0.230 e. The lowest BCUT2D eigenvalue weighted by atomic mass is 9.75. The Labute approximate surface area is 110 Å². The van der Waals surface area contributed by atoms with Crippen molar-refractivity contribution in [2.24, 2.45) is 5.41 Å². The van der Waals surface area contributed by atoms with Crippen molar-refractivity contribution in [3.05, 3.63) is 0 Å². The van der Waals surface area contributed by atoms with Crippen LogP contribution < -0.4 is 5.32 Å². The third-order valence-electron chi connectivity index (χ3n) is 4.50. The van der Waals surface area contributed by atoms with Gasteiger partial charge < -0.3 is 15.3 Å². The zero-order valence-corrected chi connectivity index (χ0v) is 11.5. The second-order valence-corrected chi connectivity index (χ2v) is 5.79. The molecule has 0 aromatic rings. The van der Waals surface area contributed by atoms with Gasteiger partial charge in [0.1, 0.15) is 0 Å². The third-order valence-corrected chi connectivity index (χ3v) is 4.50. The number of hydrogen-bond acceptors (Lipinski definition) is 3. The summed E-state index contributed by atoms with van der Waals surface area (Å²) in [5.74, 6) is 0.285. The van der Waals surface area contributed by atoms with Crippen LogP contribution in [0.3, 0.4) is 0 Å². The van der Waals surface area contributed by atoms with Gasteiger partial charge in [-0.05, 0) is 38.6 Å². The van der Waals surface area contributed by atoms with Gasteiger partial charge in [-0.3, -0.25) is 4.79 Å². The molecule has 0 aromatic carbocycles. The fourth-order valence-corrected chi connectivity index (χ4v) is 3.55. The highest BCUT2D eigenvalue weighted by Crippen LogP contribution is 2.36. The molecule has 0 aliphatic carbocycles. The molecule has 2 saturated heterocycles. The maximum absolute atomic E-state index is 12.9. The van der Waals surface area contributed by atoms with E-state index in [1.54, 1.807) is 0 Å². The molecule has 0 spiro atoms. The van der Waals surface area contributed by atoms with E-state index >= 15 is 0 Å². The van der Waals surface area contributed by atoms with Gasteiger partial charge in [0.05, 0.1) is 18.1 Å². The summed E-state index contributed by atoms with van der Waals surface area (Å²) in [6.07, 6.45) is 6.09. The zero-order chi connectivity index (χ0) is 13.0. The number of likely N-dealkylation sites (tertiary alicyclic amines) is 1. The van der Waals surface area contributed by atoms with E-state index in [4.69, 9.17) is 0 Å². The maximum atomic E-state index is 12.9. The molecular formula is C14H26N2O2. The predicted molar refractivity (Wildman–Crippen MR) is 71.3 cm³/mol. The summed E-state index contributed by atoms with van der Waals surface area (Å²) in [4.78, 5) is 14.8. The Morgan fingerprint density at radius 2 is 2.33 bits per heavy atom. The van der Waals surface area contributed by atoms with Gasteiger partial charge in [0.2, 0.25) is 5.91 Å². The fraction of sp³-hybridized carbons (Fsp3) is 0.929. The van der Waals surface area contributed by atoms with Crippen LogP contribution in [0.1, 0.15) is 45.4 Å². The topological polar surface area (TPSA) is 52.6 Å². The number of carbonyl (C=O) groups excluding carboxylic acids is 1. The second kappa shape index (κ2) is 6.02. The van der Waals surface area contributed by atoms with Crippen molar-refractivity contribution in [1.82, 2.24) is 10.2 Å². The van der Waals surface area contributed by atoms with Crippen molar-refractivity contribution in [3.8, 4) is 0 Å². The Morgan fingerprint density at radius 1 is 1.50 bits per heavy atom. The standard InChI is InChI=1S/C14H26N2O2/c1-2-6-14(7-4-8-15-11-14)13(18)16-9-3-5-12(16)10-17/h12,15,17H,2-11H2,1H3/t12-,14?/m1/s1. The number of nitrogens with zero attached hydrogens (tertiary/aromatic N) is 1. The monoisotopic (exact) mass is 254 g/mol. The van der Waals surface area contributed by atoms with E-state index in [2.05, 4.69) is 12.2 Å². The van der Waals surface area contributed by atoms with Crippen molar-refractivity contribution in [1.29, 1.82) is 0 Å². The number of hydrogen-bond donors (Lipinski definition) is 2. The first-order valence-electron chi connectivity index (χ1n) is 7.36. The van der Waals surface area contributed by atoms with Crippen molar-refractivity contribution >= 4 is 5.91 Å². The van der Waals surface area contributed by atoms with Crippen molar-refractivity contribution in [2.45, 2.75) is 51.5 Å². The van der Waals surface area contributed by atoms with Crippen molar-refractivity contribution in [2.75, 3.05) is 26.2 Å². The minimum atomic E-state index is -0.204. The quantitative estimate of drug-likeness (QED) is 0.791. The molecule has 2 aliphatic rings. The largest absolute Gasteiger partial charge is 0.394 e.